The molecular weight excluding hydrogens is 446 g/mol. The molecule has 0 rings (SSSR count). The van der Waals surface area contributed by atoms with Crippen LogP contribution in [-0.4, -0.2) is 13.1 Å². The lowest BCUT2D eigenvalue weighted by Crippen LogP contribution is -2.13. The molecule has 0 aliphatic heterocycles. The molecule has 1 N–H and O–H groups in total. The van der Waals surface area contributed by atoms with E-state index in [0.29, 0.717) is 0 Å². The second-order valence-electron chi connectivity index (χ2n) is 12.3. The second-order valence-corrected chi connectivity index (χ2v) is 12.3. The van der Waals surface area contributed by atoms with Crippen molar-refractivity contribution in [2.45, 2.75) is 219 Å². The van der Waals surface area contributed by atoms with E-state index < -0.39 is 0 Å². The maximum atomic E-state index is 3.42. The highest BCUT2D eigenvalue weighted by molar-refractivity contribution is 4.53. The van der Waals surface area contributed by atoms with Crippen LogP contribution in [0.25, 0.3) is 0 Å². The van der Waals surface area contributed by atoms with E-state index in [0.717, 1.165) is 6.54 Å². The Morgan fingerprint density at radius 3 is 0.622 bits per heavy atom. The van der Waals surface area contributed by atoms with Gasteiger partial charge in [-0.3, -0.25) is 0 Å². The van der Waals surface area contributed by atoms with Crippen LogP contribution in [0.1, 0.15) is 219 Å². The van der Waals surface area contributed by atoms with Crippen LogP contribution in [0.2, 0.25) is 0 Å². The molecule has 0 amide bonds. The van der Waals surface area contributed by atoms with Crippen molar-refractivity contribution >= 4 is 0 Å². The van der Waals surface area contributed by atoms with Gasteiger partial charge in [0.25, 0.3) is 0 Å². The van der Waals surface area contributed by atoms with Crippen molar-refractivity contribution in [1.82, 2.24) is 5.32 Å². The first-order valence-corrected chi connectivity index (χ1v) is 18.1. The summed E-state index contributed by atoms with van der Waals surface area (Å²) in [6.45, 7) is 6.85. The number of unbranched alkanes of at least 4 members (excludes halogenated alkanes) is 31. The molecule has 0 aromatic rings. The largest absolute Gasteiger partial charge is 0.317 e. The van der Waals surface area contributed by atoms with Crippen LogP contribution in [0.15, 0.2) is 0 Å². The number of rotatable bonds is 34. The lowest BCUT2D eigenvalue weighted by atomic mass is 10.0. The zero-order chi connectivity index (χ0) is 26.7. The highest BCUT2D eigenvalue weighted by atomic mass is 14.8. The molecule has 0 bridgehead atoms. The Labute approximate surface area is 237 Å². The second kappa shape index (κ2) is 36.0. The zero-order valence-corrected chi connectivity index (χ0v) is 26.5. The maximum Gasteiger partial charge on any atom is -0.00490 e. The summed E-state index contributed by atoms with van der Waals surface area (Å²) >= 11 is 0. The Hall–Kier alpha value is -0.0400. The first kappa shape index (κ1) is 37.0. The van der Waals surface area contributed by atoms with E-state index in [9.17, 15) is 0 Å². The highest BCUT2D eigenvalue weighted by Gasteiger charge is 1.97. The van der Waals surface area contributed by atoms with Crippen LogP contribution >= 0.6 is 0 Å². The molecule has 0 aliphatic carbocycles. The van der Waals surface area contributed by atoms with Gasteiger partial charge in [0.2, 0.25) is 0 Å². The molecule has 0 radical (unpaired) electrons. The van der Waals surface area contributed by atoms with Crippen molar-refractivity contribution in [2.75, 3.05) is 13.1 Å². The average Bonchev–Trinajstić information content (AvgIpc) is 2.91. The van der Waals surface area contributed by atoms with E-state index >= 15 is 0 Å². The van der Waals surface area contributed by atoms with Crippen molar-refractivity contribution in [1.29, 1.82) is 0 Å². The molecule has 0 saturated heterocycles. The van der Waals surface area contributed by atoms with E-state index in [1.54, 1.807) is 0 Å². The molecule has 0 fully saturated rings. The number of hydrogen-bond donors (Lipinski definition) is 1. The molecule has 0 atom stereocenters. The lowest BCUT2D eigenvalue weighted by molar-refractivity contribution is 0.511. The summed E-state index contributed by atoms with van der Waals surface area (Å²) in [6.07, 6.45) is 47.2. The van der Waals surface area contributed by atoms with Gasteiger partial charge in [0, 0.05) is 0 Å². The lowest BCUT2D eigenvalue weighted by Gasteiger charge is -2.05. The summed E-state index contributed by atoms with van der Waals surface area (Å²) in [7, 11) is 0. The molecule has 0 spiro atoms. The van der Waals surface area contributed by atoms with Gasteiger partial charge in [-0.15, -0.1) is 0 Å². The van der Waals surface area contributed by atoms with Crippen molar-refractivity contribution < 1.29 is 0 Å². The van der Waals surface area contributed by atoms with Crippen molar-refractivity contribution in [2.24, 2.45) is 0 Å². The summed E-state index contributed by atoms with van der Waals surface area (Å²) in [5, 5.41) is 3.42. The third-order valence-corrected chi connectivity index (χ3v) is 8.46. The van der Waals surface area contributed by atoms with Crippen LogP contribution in [-0.2, 0) is 0 Å². The summed E-state index contributed by atoms with van der Waals surface area (Å²) in [6, 6.07) is 0. The molecule has 0 aromatic carbocycles. The van der Waals surface area contributed by atoms with E-state index in [2.05, 4.69) is 19.2 Å². The zero-order valence-electron chi connectivity index (χ0n) is 26.5. The fourth-order valence-electron chi connectivity index (χ4n) is 5.80. The number of nitrogens with one attached hydrogen (secondary N) is 1. The molecule has 1 nitrogen and oxygen atoms in total. The molecule has 0 saturated carbocycles. The van der Waals surface area contributed by atoms with Crippen molar-refractivity contribution in [3.05, 3.63) is 0 Å². The van der Waals surface area contributed by atoms with Crippen molar-refractivity contribution in [3.63, 3.8) is 0 Å². The van der Waals surface area contributed by atoms with E-state index in [-0.39, 0.29) is 0 Å². The van der Waals surface area contributed by atoms with Crippen molar-refractivity contribution in [3.8, 4) is 0 Å². The topological polar surface area (TPSA) is 12.0 Å². The Kier molecular flexibility index (Phi) is 35.9. The molecule has 0 unspecified atom stereocenters. The van der Waals surface area contributed by atoms with Gasteiger partial charge in [-0.25, -0.2) is 0 Å². The van der Waals surface area contributed by atoms with E-state index in [1.165, 1.54) is 212 Å². The Balaban J connectivity index is 3.00. The standard InChI is InChI=1S/C36H75N/c1-3-5-6-7-8-9-10-11-12-13-14-15-16-17-18-19-20-21-22-23-24-25-26-27-28-29-30-31-32-33-34-35-36-37-4-2/h37H,3-36H2,1-2H3. The summed E-state index contributed by atoms with van der Waals surface area (Å²) in [5.41, 5.74) is 0. The van der Waals surface area contributed by atoms with Gasteiger partial charge < -0.3 is 5.32 Å². The number of hydrogen-bond acceptors (Lipinski definition) is 1. The van der Waals surface area contributed by atoms with Crippen LogP contribution < -0.4 is 5.32 Å². The third kappa shape index (κ3) is 36.0. The fraction of sp³-hybridized carbons (Fsp3) is 1.00. The summed E-state index contributed by atoms with van der Waals surface area (Å²) < 4.78 is 0. The first-order valence-electron chi connectivity index (χ1n) is 18.1. The van der Waals surface area contributed by atoms with Gasteiger partial charge in [0.15, 0.2) is 0 Å². The predicted octanol–water partition coefficient (Wildman–Crippen LogP) is 13.1. The minimum absolute atomic E-state index is 1.12. The van der Waals surface area contributed by atoms with Crippen LogP contribution in [0.5, 0.6) is 0 Å². The predicted molar refractivity (Wildman–Crippen MR) is 172 cm³/mol. The Morgan fingerprint density at radius 2 is 0.432 bits per heavy atom. The van der Waals surface area contributed by atoms with Gasteiger partial charge in [0.1, 0.15) is 0 Å². The molecule has 1 heteroatoms. The van der Waals surface area contributed by atoms with Gasteiger partial charge in [-0.1, -0.05) is 213 Å². The van der Waals surface area contributed by atoms with E-state index in [4.69, 9.17) is 0 Å². The Bertz CT molecular complexity index is 332. The van der Waals surface area contributed by atoms with Crippen LogP contribution in [0.4, 0.5) is 0 Å². The first-order chi connectivity index (χ1) is 18.4. The molecule has 224 valence electrons. The monoisotopic (exact) mass is 522 g/mol. The molecule has 0 heterocycles. The fourth-order valence-corrected chi connectivity index (χ4v) is 5.80. The minimum atomic E-state index is 1.12. The third-order valence-electron chi connectivity index (χ3n) is 8.46. The minimum Gasteiger partial charge on any atom is -0.317 e. The summed E-state index contributed by atoms with van der Waals surface area (Å²) in [4.78, 5) is 0. The van der Waals surface area contributed by atoms with Gasteiger partial charge in [0.05, 0.1) is 0 Å². The Morgan fingerprint density at radius 1 is 0.243 bits per heavy atom. The highest BCUT2D eigenvalue weighted by Crippen LogP contribution is 2.16. The maximum absolute atomic E-state index is 3.42. The summed E-state index contributed by atoms with van der Waals surface area (Å²) in [5.74, 6) is 0. The molecule has 37 heavy (non-hydrogen) atoms. The molecular formula is C36H75N. The molecule has 0 aliphatic rings. The SMILES string of the molecule is CCCCCCCCCCCCCCCCCCCCCCCCCCCCCCCCCCNCC. The van der Waals surface area contributed by atoms with Gasteiger partial charge in [-0.2, -0.15) is 0 Å². The van der Waals surface area contributed by atoms with Crippen LogP contribution in [0, 0.1) is 0 Å². The quantitative estimate of drug-likeness (QED) is 0.0830. The average molecular weight is 522 g/mol. The molecule has 0 aromatic heterocycles. The normalized spacial score (nSPS) is 11.5. The smallest absolute Gasteiger partial charge is 0.00490 e. The van der Waals surface area contributed by atoms with Gasteiger partial charge >= 0.3 is 0 Å². The van der Waals surface area contributed by atoms with E-state index in [1.807, 2.05) is 0 Å². The van der Waals surface area contributed by atoms with Gasteiger partial charge in [-0.05, 0) is 19.5 Å². The van der Waals surface area contributed by atoms with Crippen LogP contribution in [0.3, 0.4) is 0 Å².